The number of alkyl halides is 3. The first kappa shape index (κ1) is 15.0. The van der Waals surface area contributed by atoms with Gasteiger partial charge in [-0.05, 0) is 18.2 Å². The number of benzene rings is 1. The highest BCUT2D eigenvalue weighted by Gasteiger charge is 2.33. The fourth-order valence-electron chi connectivity index (χ4n) is 1.80. The van der Waals surface area contributed by atoms with E-state index in [2.05, 4.69) is 15.5 Å². The molecule has 8 heteroatoms. The first-order valence-corrected chi connectivity index (χ1v) is 6.13. The molecule has 112 valence electrons. The Bertz CT molecular complexity index is 661. The van der Waals surface area contributed by atoms with Crippen molar-refractivity contribution in [3.8, 4) is 11.3 Å². The van der Waals surface area contributed by atoms with Gasteiger partial charge in [-0.15, -0.1) is 0 Å². The van der Waals surface area contributed by atoms with Crippen molar-refractivity contribution in [2.45, 2.75) is 6.18 Å². The molecule has 0 unspecified atom stereocenters. The number of hydrogen-bond acceptors (Lipinski definition) is 4. The summed E-state index contributed by atoms with van der Waals surface area (Å²) in [5.74, 6) is 0. The van der Waals surface area contributed by atoms with Gasteiger partial charge in [-0.1, -0.05) is 6.07 Å². The van der Waals surface area contributed by atoms with E-state index in [-0.39, 0.29) is 30.0 Å². The highest BCUT2D eigenvalue weighted by molar-refractivity contribution is 5.66. The van der Waals surface area contributed by atoms with Gasteiger partial charge < -0.3 is 11.1 Å². The zero-order valence-corrected chi connectivity index (χ0v) is 10.9. The Hall–Kier alpha value is -2.35. The van der Waals surface area contributed by atoms with E-state index < -0.39 is 17.3 Å². The molecule has 2 rings (SSSR count). The van der Waals surface area contributed by atoms with Gasteiger partial charge in [0.1, 0.15) is 0 Å². The maximum Gasteiger partial charge on any atom is 0.418 e. The van der Waals surface area contributed by atoms with E-state index in [9.17, 15) is 18.0 Å². The van der Waals surface area contributed by atoms with Crippen molar-refractivity contribution in [3.05, 3.63) is 46.2 Å². The van der Waals surface area contributed by atoms with Crippen LogP contribution in [-0.2, 0) is 6.18 Å². The van der Waals surface area contributed by atoms with Gasteiger partial charge in [0.05, 0.1) is 11.3 Å². The lowest BCUT2D eigenvalue weighted by molar-refractivity contribution is -0.136. The molecule has 0 saturated carbocycles. The third-order valence-electron chi connectivity index (χ3n) is 2.76. The van der Waals surface area contributed by atoms with Gasteiger partial charge in [-0.3, -0.25) is 4.79 Å². The Labute approximate surface area is 118 Å². The summed E-state index contributed by atoms with van der Waals surface area (Å²) in [7, 11) is 0. The smallest absolute Gasteiger partial charge is 0.383 e. The third kappa shape index (κ3) is 3.60. The van der Waals surface area contributed by atoms with Gasteiger partial charge in [-0.25, -0.2) is 5.10 Å². The molecule has 1 aromatic heterocycles. The molecule has 0 saturated heterocycles. The van der Waals surface area contributed by atoms with Gasteiger partial charge in [0.15, 0.2) is 0 Å². The standard InChI is InChI=1S/C13H13F3N4O/c14-13(15,16)9-7-8(1-2-11(9)18-6-5-17)10-3-4-12(21)20-19-10/h1-4,7,18H,5-6,17H2,(H,20,21). The summed E-state index contributed by atoms with van der Waals surface area (Å²) in [4.78, 5) is 10.9. The van der Waals surface area contributed by atoms with E-state index in [1.165, 1.54) is 24.3 Å². The Balaban J connectivity index is 2.46. The second-order valence-electron chi connectivity index (χ2n) is 4.28. The minimum Gasteiger partial charge on any atom is -0.383 e. The fourth-order valence-corrected chi connectivity index (χ4v) is 1.80. The highest BCUT2D eigenvalue weighted by atomic mass is 19.4. The van der Waals surface area contributed by atoms with Crippen molar-refractivity contribution in [1.29, 1.82) is 0 Å². The Morgan fingerprint density at radius 2 is 2.00 bits per heavy atom. The van der Waals surface area contributed by atoms with Gasteiger partial charge in [-0.2, -0.15) is 18.3 Å². The van der Waals surface area contributed by atoms with Crippen LogP contribution in [0.1, 0.15) is 5.56 Å². The third-order valence-corrected chi connectivity index (χ3v) is 2.76. The zero-order chi connectivity index (χ0) is 15.5. The van der Waals surface area contributed by atoms with Crippen LogP contribution in [0.4, 0.5) is 18.9 Å². The summed E-state index contributed by atoms with van der Waals surface area (Å²) in [5, 5.41) is 8.54. The van der Waals surface area contributed by atoms with Crippen molar-refractivity contribution in [3.63, 3.8) is 0 Å². The van der Waals surface area contributed by atoms with Crippen molar-refractivity contribution in [1.82, 2.24) is 10.2 Å². The number of H-pyrrole nitrogens is 1. The van der Waals surface area contributed by atoms with Gasteiger partial charge in [0.25, 0.3) is 5.56 Å². The molecule has 0 aliphatic carbocycles. The molecule has 1 heterocycles. The summed E-state index contributed by atoms with van der Waals surface area (Å²) >= 11 is 0. The average molecular weight is 298 g/mol. The molecule has 0 radical (unpaired) electrons. The number of halogens is 3. The first-order valence-electron chi connectivity index (χ1n) is 6.13. The molecule has 4 N–H and O–H groups in total. The predicted molar refractivity (Wildman–Crippen MR) is 72.8 cm³/mol. The topological polar surface area (TPSA) is 83.8 Å². The molecule has 0 atom stereocenters. The summed E-state index contributed by atoms with van der Waals surface area (Å²) in [6, 6.07) is 6.37. The van der Waals surface area contributed by atoms with E-state index in [1.807, 2.05) is 0 Å². The van der Waals surface area contributed by atoms with E-state index >= 15 is 0 Å². The number of aromatic amines is 1. The van der Waals surface area contributed by atoms with Crippen LogP contribution < -0.4 is 16.6 Å². The van der Waals surface area contributed by atoms with Crippen molar-refractivity contribution >= 4 is 5.69 Å². The van der Waals surface area contributed by atoms with E-state index in [4.69, 9.17) is 5.73 Å². The molecular formula is C13H13F3N4O. The molecule has 0 spiro atoms. The average Bonchev–Trinajstić information content (AvgIpc) is 2.45. The van der Waals surface area contributed by atoms with E-state index in [1.54, 1.807) is 0 Å². The number of aromatic nitrogens is 2. The molecule has 0 bridgehead atoms. The van der Waals surface area contributed by atoms with Crippen LogP contribution in [0.5, 0.6) is 0 Å². The molecule has 21 heavy (non-hydrogen) atoms. The number of anilines is 1. The van der Waals surface area contributed by atoms with Crippen LogP contribution in [0.3, 0.4) is 0 Å². The second kappa shape index (κ2) is 5.96. The predicted octanol–water partition coefficient (Wildman–Crippen LogP) is 1.83. The van der Waals surface area contributed by atoms with Crippen molar-refractivity contribution in [2.24, 2.45) is 5.73 Å². The van der Waals surface area contributed by atoms with Crippen LogP contribution in [-0.4, -0.2) is 23.3 Å². The first-order chi connectivity index (χ1) is 9.91. The maximum absolute atomic E-state index is 13.1. The van der Waals surface area contributed by atoms with E-state index in [0.717, 1.165) is 6.07 Å². The Morgan fingerprint density at radius 3 is 2.57 bits per heavy atom. The minimum atomic E-state index is -4.50. The number of hydrogen-bond donors (Lipinski definition) is 3. The summed E-state index contributed by atoms with van der Waals surface area (Å²) in [5.41, 5.74) is 4.53. The number of nitrogens with zero attached hydrogens (tertiary/aromatic N) is 1. The molecule has 0 aliphatic heterocycles. The van der Waals surface area contributed by atoms with Crippen molar-refractivity contribution in [2.75, 3.05) is 18.4 Å². The lowest BCUT2D eigenvalue weighted by Crippen LogP contribution is -2.17. The summed E-state index contributed by atoms with van der Waals surface area (Å²) in [6.07, 6.45) is -4.50. The van der Waals surface area contributed by atoms with Crippen LogP contribution in [0.2, 0.25) is 0 Å². The number of rotatable bonds is 4. The summed E-state index contributed by atoms with van der Waals surface area (Å²) in [6.45, 7) is 0.458. The Morgan fingerprint density at radius 1 is 1.24 bits per heavy atom. The SMILES string of the molecule is NCCNc1ccc(-c2ccc(=O)[nH]n2)cc1C(F)(F)F. The largest absolute Gasteiger partial charge is 0.418 e. The normalized spacial score (nSPS) is 11.4. The molecule has 0 aliphatic rings. The second-order valence-corrected chi connectivity index (χ2v) is 4.28. The molecular weight excluding hydrogens is 285 g/mol. The van der Waals surface area contributed by atoms with Gasteiger partial charge in [0, 0.05) is 30.4 Å². The Kier molecular flexibility index (Phi) is 4.27. The quantitative estimate of drug-likeness (QED) is 0.804. The monoisotopic (exact) mass is 298 g/mol. The lowest BCUT2D eigenvalue weighted by Gasteiger charge is -2.15. The van der Waals surface area contributed by atoms with E-state index in [0.29, 0.717) is 0 Å². The molecule has 2 aromatic rings. The fraction of sp³-hybridized carbons (Fsp3) is 0.231. The summed E-state index contributed by atoms with van der Waals surface area (Å²) < 4.78 is 39.3. The minimum absolute atomic E-state index is 0.0406. The van der Waals surface area contributed by atoms with Crippen LogP contribution in [0.15, 0.2) is 35.1 Å². The maximum atomic E-state index is 13.1. The van der Waals surface area contributed by atoms with Gasteiger partial charge >= 0.3 is 6.18 Å². The molecule has 1 aromatic carbocycles. The molecule has 5 nitrogen and oxygen atoms in total. The van der Waals surface area contributed by atoms with Crippen molar-refractivity contribution < 1.29 is 13.2 Å². The molecule has 0 amide bonds. The van der Waals surface area contributed by atoms with Crippen LogP contribution in [0.25, 0.3) is 11.3 Å². The number of nitrogens with one attached hydrogen (secondary N) is 2. The lowest BCUT2D eigenvalue weighted by atomic mass is 10.1. The molecule has 0 fully saturated rings. The van der Waals surface area contributed by atoms with Gasteiger partial charge in [0.2, 0.25) is 0 Å². The zero-order valence-electron chi connectivity index (χ0n) is 10.9. The number of nitrogens with two attached hydrogens (primary N) is 1. The highest BCUT2D eigenvalue weighted by Crippen LogP contribution is 2.37. The van der Waals surface area contributed by atoms with Crippen LogP contribution >= 0.6 is 0 Å². The van der Waals surface area contributed by atoms with Crippen LogP contribution in [0, 0.1) is 0 Å².